The number of carbonyl (C=O) groups is 1. The molecule has 0 aliphatic heterocycles. The summed E-state index contributed by atoms with van der Waals surface area (Å²) in [5.74, 6) is 1.33. The van der Waals surface area contributed by atoms with Gasteiger partial charge in [0.05, 0.1) is 23.1 Å². The lowest BCUT2D eigenvalue weighted by atomic mass is 10.1. The Morgan fingerprint density at radius 1 is 0.971 bits per heavy atom. The van der Waals surface area contributed by atoms with Crippen LogP contribution in [0.2, 0.25) is 0 Å². The number of hydrogen-bond donors (Lipinski definition) is 2. The minimum Gasteiger partial charge on any atom is -0.341 e. The molecule has 0 radical (unpaired) electrons. The summed E-state index contributed by atoms with van der Waals surface area (Å²) in [6.07, 6.45) is 3.85. The molecule has 4 aromatic rings. The van der Waals surface area contributed by atoms with E-state index in [0.717, 1.165) is 65.4 Å². The summed E-state index contributed by atoms with van der Waals surface area (Å²) < 4.78 is 2.01. The third-order valence-electron chi connectivity index (χ3n) is 5.48. The first kappa shape index (κ1) is 23.2. The standard InChI is InChI=1S/C26H31N7O/c1-5-13-33(14-6-2)26-30-23(19-7-12-22-24(15-19)32(4)17-27-22)16-25(31-26)29-21-10-8-20(9-11-21)28-18(3)34/h7-12,15-17H,5-6,13-14H2,1-4H3,(H,28,34)(H,29,30,31). The molecule has 0 bridgehead atoms. The molecule has 0 saturated carbocycles. The zero-order chi connectivity index (χ0) is 24.1. The summed E-state index contributed by atoms with van der Waals surface area (Å²) in [7, 11) is 1.99. The van der Waals surface area contributed by atoms with Gasteiger partial charge in [-0.25, -0.2) is 9.97 Å². The fraction of sp³-hybridized carbons (Fsp3) is 0.308. The van der Waals surface area contributed by atoms with E-state index in [-0.39, 0.29) is 5.91 Å². The van der Waals surface area contributed by atoms with Crippen LogP contribution in [-0.4, -0.2) is 38.5 Å². The minimum atomic E-state index is -0.0943. The fourth-order valence-corrected chi connectivity index (χ4v) is 3.91. The van der Waals surface area contributed by atoms with Crippen LogP contribution in [0.3, 0.4) is 0 Å². The van der Waals surface area contributed by atoms with Crippen molar-refractivity contribution in [3.63, 3.8) is 0 Å². The highest BCUT2D eigenvalue weighted by Gasteiger charge is 2.14. The van der Waals surface area contributed by atoms with Gasteiger partial charge in [0.1, 0.15) is 5.82 Å². The second-order valence-corrected chi connectivity index (χ2v) is 8.37. The van der Waals surface area contributed by atoms with Crippen molar-refractivity contribution >= 4 is 40.1 Å². The van der Waals surface area contributed by atoms with Gasteiger partial charge in [-0.2, -0.15) is 4.98 Å². The van der Waals surface area contributed by atoms with E-state index in [9.17, 15) is 4.79 Å². The van der Waals surface area contributed by atoms with Crippen molar-refractivity contribution in [3.8, 4) is 11.3 Å². The number of benzene rings is 2. The van der Waals surface area contributed by atoms with Gasteiger partial charge in [-0.1, -0.05) is 19.9 Å². The van der Waals surface area contributed by atoms with Crippen LogP contribution in [0, 0.1) is 0 Å². The molecule has 2 N–H and O–H groups in total. The normalized spacial score (nSPS) is 10.9. The molecule has 0 saturated heterocycles. The quantitative estimate of drug-likeness (QED) is 0.352. The summed E-state index contributed by atoms with van der Waals surface area (Å²) in [5, 5.41) is 6.20. The Labute approximate surface area is 200 Å². The van der Waals surface area contributed by atoms with Crippen LogP contribution in [0.5, 0.6) is 0 Å². The van der Waals surface area contributed by atoms with Gasteiger partial charge in [0.25, 0.3) is 0 Å². The van der Waals surface area contributed by atoms with E-state index in [0.29, 0.717) is 5.95 Å². The number of aryl methyl sites for hydroxylation is 1. The third kappa shape index (κ3) is 5.33. The molecule has 34 heavy (non-hydrogen) atoms. The topological polar surface area (TPSA) is 88.0 Å². The molecular weight excluding hydrogens is 426 g/mol. The van der Waals surface area contributed by atoms with Crippen LogP contribution < -0.4 is 15.5 Å². The minimum absolute atomic E-state index is 0.0943. The van der Waals surface area contributed by atoms with Gasteiger partial charge in [-0.15, -0.1) is 0 Å². The van der Waals surface area contributed by atoms with Gasteiger partial charge >= 0.3 is 0 Å². The molecule has 2 aromatic carbocycles. The van der Waals surface area contributed by atoms with Gasteiger partial charge in [-0.05, 0) is 49.2 Å². The van der Waals surface area contributed by atoms with Crippen molar-refractivity contribution < 1.29 is 4.79 Å². The van der Waals surface area contributed by atoms with E-state index >= 15 is 0 Å². The number of aromatic nitrogens is 4. The number of hydrogen-bond acceptors (Lipinski definition) is 6. The largest absolute Gasteiger partial charge is 0.341 e. The molecule has 0 fully saturated rings. The monoisotopic (exact) mass is 457 g/mol. The maximum absolute atomic E-state index is 11.3. The first-order valence-corrected chi connectivity index (χ1v) is 11.7. The Balaban J connectivity index is 1.73. The summed E-state index contributed by atoms with van der Waals surface area (Å²) in [6, 6.07) is 15.7. The molecule has 1 amide bonds. The smallest absolute Gasteiger partial charge is 0.227 e. The Hall–Kier alpha value is -3.94. The summed E-state index contributed by atoms with van der Waals surface area (Å²) in [5.41, 5.74) is 5.50. The van der Waals surface area contributed by atoms with Gasteiger partial charge in [0, 0.05) is 50.1 Å². The molecule has 8 nitrogen and oxygen atoms in total. The van der Waals surface area contributed by atoms with E-state index in [1.165, 1.54) is 6.92 Å². The number of nitrogens with one attached hydrogen (secondary N) is 2. The van der Waals surface area contributed by atoms with Crippen LogP contribution in [0.15, 0.2) is 54.9 Å². The van der Waals surface area contributed by atoms with Crippen molar-refractivity contribution in [2.45, 2.75) is 33.6 Å². The number of carbonyl (C=O) groups excluding carboxylic acids is 1. The lowest BCUT2D eigenvalue weighted by Gasteiger charge is -2.23. The van der Waals surface area contributed by atoms with Gasteiger partial charge in [-0.3, -0.25) is 4.79 Å². The number of anilines is 4. The first-order valence-electron chi connectivity index (χ1n) is 11.7. The van der Waals surface area contributed by atoms with E-state index in [2.05, 4.69) is 46.5 Å². The van der Waals surface area contributed by atoms with Crippen molar-refractivity contribution in [1.29, 1.82) is 0 Å². The van der Waals surface area contributed by atoms with Gasteiger partial charge in [0.2, 0.25) is 11.9 Å². The van der Waals surface area contributed by atoms with Crippen LogP contribution in [0.4, 0.5) is 23.1 Å². The number of amides is 1. The predicted molar refractivity (Wildman–Crippen MR) is 139 cm³/mol. The maximum atomic E-state index is 11.3. The number of imidazole rings is 1. The molecule has 0 atom stereocenters. The van der Waals surface area contributed by atoms with Crippen LogP contribution in [0.25, 0.3) is 22.3 Å². The fourth-order valence-electron chi connectivity index (χ4n) is 3.91. The molecule has 2 aromatic heterocycles. The van der Waals surface area contributed by atoms with Gasteiger partial charge < -0.3 is 20.1 Å². The number of rotatable bonds is 9. The van der Waals surface area contributed by atoms with Gasteiger partial charge in [0.15, 0.2) is 0 Å². The number of nitrogens with zero attached hydrogens (tertiary/aromatic N) is 5. The summed E-state index contributed by atoms with van der Waals surface area (Å²) in [6.45, 7) is 7.61. The average molecular weight is 458 g/mol. The van der Waals surface area contributed by atoms with Crippen LogP contribution >= 0.6 is 0 Å². The molecule has 4 rings (SSSR count). The third-order valence-corrected chi connectivity index (χ3v) is 5.48. The van der Waals surface area contributed by atoms with E-state index in [4.69, 9.17) is 9.97 Å². The molecule has 0 aliphatic carbocycles. The van der Waals surface area contributed by atoms with Crippen molar-refractivity contribution in [2.24, 2.45) is 7.05 Å². The molecule has 2 heterocycles. The number of fused-ring (bicyclic) bond motifs is 1. The molecular formula is C26H31N7O. The Kier molecular flexibility index (Phi) is 7.06. The zero-order valence-corrected chi connectivity index (χ0v) is 20.2. The lowest BCUT2D eigenvalue weighted by molar-refractivity contribution is -0.114. The van der Waals surface area contributed by atoms with Crippen LogP contribution in [-0.2, 0) is 11.8 Å². The first-order chi connectivity index (χ1) is 16.5. The van der Waals surface area contributed by atoms with Crippen molar-refractivity contribution in [3.05, 3.63) is 54.9 Å². The highest BCUT2D eigenvalue weighted by Crippen LogP contribution is 2.28. The molecule has 0 spiro atoms. The second kappa shape index (κ2) is 10.3. The molecule has 176 valence electrons. The highest BCUT2D eigenvalue weighted by atomic mass is 16.1. The van der Waals surface area contributed by atoms with E-state index < -0.39 is 0 Å². The zero-order valence-electron chi connectivity index (χ0n) is 20.2. The molecule has 0 unspecified atom stereocenters. The Bertz CT molecular complexity index is 1270. The predicted octanol–water partition coefficient (Wildman–Crippen LogP) is 5.36. The Morgan fingerprint density at radius 2 is 1.68 bits per heavy atom. The maximum Gasteiger partial charge on any atom is 0.227 e. The Morgan fingerprint density at radius 3 is 2.35 bits per heavy atom. The summed E-state index contributed by atoms with van der Waals surface area (Å²) >= 11 is 0. The average Bonchev–Trinajstić information content (AvgIpc) is 3.20. The second-order valence-electron chi connectivity index (χ2n) is 8.37. The van der Waals surface area contributed by atoms with Crippen molar-refractivity contribution in [1.82, 2.24) is 19.5 Å². The SMILES string of the molecule is CCCN(CCC)c1nc(Nc2ccc(NC(C)=O)cc2)cc(-c2ccc3ncn(C)c3c2)n1. The van der Waals surface area contributed by atoms with E-state index in [1.54, 1.807) is 0 Å². The summed E-state index contributed by atoms with van der Waals surface area (Å²) in [4.78, 5) is 27.8. The molecule has 8 heteroatoms. The van der Waals surface area contributed by atoms with Crippen LogP contribution in [0.1, 0.15) is 33.6 Å². The highest BCUT2D eigenvalue weighted by molar-refractivity contribution is 5.89. The van der Waals surface area contributed by atoms with E-state index in [1.807, 2.05) is 54.3 Å². The van der Waals surface area contributed by atoms with Crippen molar-refractivity contribution in [2.75, 3.05) is 28.6 Å². The lowest BCUT2D eigenvalue weighted by Crippen LogP contribution is -2.27. The molecule has 0 aliphatic rings.